The average Bonchev–Trinajstić information content (AvgIpc) is 3.27. The average molecular weight is 341 g/mol. The minimum absolute atomic E-state index is 0.208. The van der Waals surface area contributed by atoms with Crippen LogP contribution in [0.2, 0.25) is 0 Å². The van der Waals surface area contributed by atoms with Crippen LogP contribution in [0.5, 0.6) is 0 Å². The quantitative estimate of drug-likeness (QED) is 0.745. The molecule has 0 aromatic heterocycles. The maximum atomic E-state index is 11.7. The molecule has 5 heteroatoms. The second kappa shape index (κ2) is 6.59. The molecule has 2 rings (SSSR count). The van der Waals surface area contributed by atoms with Crippen molar-refractivity contribution in [2.24, 2.45) is 5.92 Å². The summed E-state index contributed by atoms with van der Waals surface area (Å²) in [7, 11) is 0. The van der Waals surface area contributed by atoms with Gasteiger partial charge >= 0.3 is 6.03 Å². The maximum Gasteiger partial charge on any atom is 0.314 e. The van der Waals surface area contributed by atoms with Gasteiger partial charge in [-0.15, -0.1) is 0 Å². The number of benzene rings is 1. The normalized spacial score (nSPS) is 17.4. The van der Waals surface area contributed by atoms with Crippen LogP contribution in [-0.4, -0.2) is 24.2 Å². The largest absolute Gasteiger partial charge is 0.383 e. The number of aliphatic hydroxyl groups is 1. The van der Waals surface area contributed by atoms with Crippen molar-refractivity contribution in [1.82, 2.24) is 10.6 Å². The number of halogens is 1. The third kappa shape index (κ3) is 4.21. The highest BCUT2D eigenvalue weighted by molar-refractivity contribution is 9.10. The lowest BCUT2D eigenvalue weighted by molar-refractivity contribution is 0.0351. The second-order valence-corrected chi connectivity index (χ2v) is 6.31. The smallest absolute Gasteiger partial charge is 0.314 e. The van der Waals surface area contributed by atoms with Crippen molar-refractivity contribution in [3.63, 3.8) is 0 Å². The minimum Gasteiger partial charge on any atom is -0.383 e. The fraction of sp³-hybridized carbons (Fsp3) is 0.533. The third-order valence-corrected chi connectivity index (χ3v) is 4.28. The van der Waals surface area contributed by atoms with Gasteiger partial charge in [-0.1, -0.05) is 35.0 Å². The topological polar surface area (TPSA) is 61.4 Å². The van der Waals surface area contributed by atoms with Crippen LogP contribution in [0.25, 0.3) is 0 Å². The number of hydrogen-bond donors (Lipinski definition) is 3. The summed E-state index contributed by atoms with van der Waals surface area (Å²) in [4.78, 5) is 11.7. The second-order valence-electron chi connectivity index (χ2n) is 5.40. The fourth-order valence-electron chi connectivity index (χ4n) is 2.04. The molecule has 1 atom stereocenters. The molecular formula is C15H21BrN2O2. The number of carbonyl (C=O) groups is 1. The van der Waals surface area contributed by atoms with E-state index in [1.165, 1.54) is 12.8 Å². The standard InChI is InChI=1S/C15H21BrN2O2/c1-2-15(20,12-5-7-13(16)8-6-12)10-18-14(19)17-9-11-3-4-11/h5-8,11,20H,2-4,9-10H2,1H3,(H2,17,18,19). The van der Waals surface area contributed by atoms with Crippen LogP contribution in [0.4, 0.5) is 4.79 Å². The number of amides is 2. The highest BCUT2D eigenvalue weighted by Crippen LogP contribution is 2.27. The van der Waals surface area contributed by atoms with Gasteiger partial charge in [0.15, 0.2) is 0 Å². The molecule has 3 N–H and O–H groups in total. The molecule has 1 fully saturated rings. The predicted molar refractivity (Wildman–Crippen MR) is 82.5 cm³/mol. The van der Waals surface area contributed by atoms with Crippen LogP contribution >= 0.6 is 15.9 Å². The molecule has 0 saturated heterocycles. The van der Waals surface area contributed by atoms with E-state index in [4.69, 9.17) is 0 Å². The molecule has 1 unspecified atom stereocenters. The zero-order chi connectivity index (χ0) is 14.6. The molecule has 0 spiro atoms. The molecule has 0 radical (unpaired) electrons. The highest BCUT2D eigenvalue weighted by atomic mass is 79.9. The number of nitrogens with one attached hydrogen (secondary N) is 2. The van der Waals surface area contributed by atoms with Gasteiger partial charge in [0.05, 0.1) is 6.54 Å². The van der Waals surface area contributed by atoms with E-state index in [9.17, 15) is 9.90 Å². The Bertz CT molecular complexity index is 459. The third-order valence-electron chi connectivity index (χ3n) is 3.76. The predicted octanol–water partition coefficient (Wildman–Crippen LogP) is 2.76. The van der Waals surface area contributed by atoms with Crippen molar-refractivity contribution < 1.29 is 9.90 Å². The Hall–Kier alpha value is -1.07. The summed E-state index contributed by atoms with van der Waals surface area (Å²) in [6, 6.07) is 7.32. The van der Waals surface area contributed by atoms with Gasteiger partial charge in [0.1, 0.15) is 5.60 Å². The monoisotopic (exact) mass is 340 g/mol. The Morgan fingerprint density at radius 1 is 1.35 bits per heavy atom. The van der Waals surface area contributed by atoms with E-state index in [0.29, 0.717) is 12.3 Å². The number of carbonyl (C=O) groups excluding carboxylic acids is 1. The van der Waals surface area contributed by atoms with E-state index in [1.54, 1.807) is 0 Å². The SMILES string of the molecule is CCC(O)(CNC(=O)NCC1CC1)c1ccc(Br)cc1. The first-order chi connectivity index (χ1) is 9.53. The number of hydrogen-bond acceptors (Lipinski definition) is 2. The van der Waals surface area contributed by atoms with Gasteiger partial charge in [-0.05, 0) is 42.9 Å². The van der Waals surface area contributed by atoms with Crippen LogP contribution in [0, 0.1) is 5.92 Å². The Morgan fingerprint density at radius 3 is 2.55 bits per heavy atom. The Balaban J connectivity index is 1.89. The molecular weight excluding hydrogens is 320 g/mol. The van der Waals surface area contributed by atoms with Gasteiger partial charge in [0.25, 0.3) is 0 Å². The summed E-state index contributed by atoms with van der Waals surface area (Å²) in [5.74, 6) is 0.650. The van der Waals surface area contributed by atoms with E-state index in [1.807, 2.05) is 31.2 Å². The Kier molecular flexibility index (Phi) is 5.05. The molecule has 0 aliphatic heterocycles. The molecule has 20 heavy (non-hydrogen) atoms. The van der Waals surface area contributed by atoms with Crippen molar-refractivity contribution in [2.75, 3.05) is 13.1 Å². The van der Waals surface area contributed by atoms with Crippen molar-refractivity contribution in [3.05, 3.63) is 34.3 Å². The molecule has 1 aliphatic rings. The molecule has 1 aliphatic carbocycles. The van der Waals surface area contributed by atoms with Crippen LogP contribution in [0.15, 0.2) is 28.7 Å². The zero-order valence-electron chi connectivity index (χ0n) is 11.7. The molecule has 110 valence electrons. The summed E-state index contributed by atoms with van der Waals surface area (Å²) >= 11 is 3.37. The Morgan fingerprint density at radius 2 is 2.00 bits per heavy atom. The summed E-state index contributed by atoms with van der Waals surface area (Å²) in [5.41, 5.74) is -0.219. The first-order valence-electron chi connectivity index (χ1n) is 7.03. The lowest BCUT2D eigenvalue weighted by Gasteiger charge is -2.27. The first-order valence-corrected chi connectivity index (χ1v) is 7.83. The van der Waals surface area contributed by atoms with Crippen LogP contribution in [-0.2, 0) is 5.60 Å². The molecule has 1 saturated carbocycles. The summed E-state index contributed by atoms with van der Waals surface area (Å²) in [5, 5.41) is 16.3. The molecule has 0 heterocycles. The van der Waals surface area contributed by atoms with Crippen molar-refractivity contribution in [3.8, 4) is 0 Å². The lowest BCUT2D eigenvalue weighted by atomic mass is 9.91. The van der Waals surface area contributed by atoms with Gasteiger partial charge in [-0.3, -0.25) is 0 Å². The van der Waals surface area contributed by atoms with Crippen molar-refractivity contribution in [2.45, 2.75) is 31.8 Å². The highest BCUT2D eigenvalue weighted by Gasteiger charge is 2.28. The minimum atomic E-state index is -1.03. The molecule has 1 aromatic rings. The van der Waals surface area contributed by atoms with Gasteiger partial charge in [-0.2, -0.15) is 0 Å². The van der Waals surface area contributed by atoms with Gasteiger partial charge < -0.3 is 15.7 Å². The zero-order valence-corrected chi connectivity index (χ0v) is 13.2. The van der Waals surface area contributed by atoms with Gasteiger partial charge in [0, 0.05) is 11.0 Å². The van der Waals surface area contributed by atoms with E-state index in [2.05, 4.69) is 26.6 Å². The van der Waals surface area contributed by atoms with Gasteiger partial charge in [0.2, 0.25) is 0 Å². The van der Waals surface area contributed by atoms with E-state index in [0.717, 1.165) is 16.6 Å². The van der Waals surface area contributed by atoms with Crippen LogP contribution < -0.4 is 10.6 Å². The lowest BCUT2D eigenvalue weighted by Crippen LogP contribution is -2.45. The first kappa shape index (κ1) is 15.3. The maximum absolute atomic E-state index is 11.7. The fourth-order valence-corrected chi connectivity index (χ4v) is 2.30. The van der Waals surface area contributed by atoms with Crippen molar-refractivity contribution in [1.29, 1.82) is 0 Å². The van der Waals surface area contributed by atoms with E-state index in [-0.39, 0.29) is 12.6 Å². The molecule has 1 aromatic carbocycles. The van der Waals surface area contributed by atoms with Gasteiger partial charge in [-0.25, -0.2) is 4.79 Å². The van der Waals surface area contributed by atoms with E-state index >= 15 is 0 Å². The number of urea groups is 1. The summed E-state index contributed by atoms with van der Waals surface area (Å²) in [6.45, 7) is 2.85. The van der Waals surface area contributed by atoms with Crippen LogP contribution in [0.3, 0.4) is 0 Å². The molecule has 0 bridgehead atoms. The molecule has 4 nitrogen and oxygen atoms in total. The number of rotatable bonds is 6. The summed E-state index contributed by atoms with van der Waals surface area (Å²) in [6.07, 6.45) is 2.95. The van der Waals surface area contributed by atoms with Crippen LogP contribution in [0.1, 0.15) is 31.7 Å². The van der Waals surface area contributed by atoms with Crippen molar-refractivity contribution >= 4 is 22.0 Å². The Labute approximate surface area is 128 Å². The van der Waals surface area contributed by atoms with E-state index < -0.39 is 5.60 Å². The molecule has 2 amide bonds. The summed E-state index contributed by atoms with van der Waals surface area (Å²) < 4.78 is 0.967.